The Kier molecular flexibility index (Phi) is 5.41. The van der Waals surface area contributed by atoms with Crippen molar-refractivity contribution in [3.8, 4) is 11.5 Å². The second-order valence-electron chi connectivity index (χ2n) is 5.75. The first kappa shape index (κ1) is 16.3. The van der Waals surface area contributed by atoms with Crippen LogP contribution in [-0.4, -0.2) is 42.9 Å². The number of amides is 1. The molecule has 0 radical (unpaired) electrons. The van der Waals surface area contributed by atoms with E-state index in [0.29, 0.717) is 17.1 Å². The summed E-state index contributed by atoms with van der Waals surface area (Å²) in [5.41, 5.74) is 0.508. The maximum Gasteiger partial charge on any atom is 0.260 e. The van der Waals surface area contributed by atoms with Crippen LogP contribution in [0.2, 0.25) is 0 Å². The third kappa shape index (κ3) is 3.59. The van der Waals surface area contributed by atoms with Gasteiger partial charge in [0.15, 0.2) is 18.1 Å². The topological polar surface area (TPSA) is 55.8 Å². The summed E-state index contributed by atoms with van der Waals surface area (Å²) >= 11 is 0. The van der Waals surface area contributed by atoms with Crippen molar-refractivity contribution in [1.82, 2.24) is 4.90 Å². The van der Waals surface area contributed by atoms with Crippen LogP contribution in [0, 0.1) is 0 Å². The van der Waals surface area contributed by atoms with Crippen LogP contribution in [0.3, 0.4) is 0 Å². The Morgan fingerprint density at radius 1 is 1.27 bits per heavy atom. The SMILES string of the molecule is COc1cc(C=O)ccc1OCC(=O)N1[C@H](C)CCC[C@H]1C. The fourth-order valence-corrected chi connectivity index (χ4v) is 3.00. The van der Waals surface area contributed by atoms with E-state index < -0.39 is 0 Å². The molecule has 1 aliphatic rings. The van der Waals surface area contributed by atoms with Crippen molar-refractivity contribution in [2.45, 2.75) is 45.2 Å². The first-order valence-corrected chi connectivity index (χ1v) is 7.64. The van der Waals surface area contributed by atoms with E-state index in [4.69, 9.17) is 9.47 Å². The predicted octanol–water partition coefficient (Wildman–Crippen LogP) is 2.68. The molecule has 0 aliphatic carbocycles. The summed E-state index contributed by atoms with van der Waals surface area (Å²) in [7, 11) is 1.51. The van der Waals surface area contributed by atoms with Gasteiger partial charge >= 0.3 is 0 Å². The molecular weight excluding hydrogens is 282 g/mol. The lowest BCUT2D eigenvalue weighted by atomic mass is 9.97. The summed E-state index contributed by atoms with van der Waals surface area (Å²) < 4.78 is 10.8. The summed E-state index contributed by atoms with van der Waals surface area (Å²) in [6, 6.07) is 5.39. The van der Waals surface area contributed by atoms with Crippen LogP contribution in [0.25, 0.3) is 0 Å². The molecule has 5 nitrogen and oxygen atoms in total. The molecule has 120 valence electrons. The highest BCUT2D eigenvalue weighted by atomic mass is 16.5. The summed E-state index contributed by atoms with van der Waals surface area (Å²) in [5.74, 6) is 0.914. The second-order valence-corrected chi connectivity index (χ2v) is 5.75. The number of carbonyl (C=O) groups is 2. The van der Waals surface area contributed by atoms with E-state index in [0.717, 1.165) is 25.5 Å². The Bertz CT molecular complexity index is 533. The molecule has 1 heterocycles. The fourth-order valence-electron chi connectivity index (χ4n) is 3.00. The van der Waals surface area contributed by atoms with Gasteiger partial charge in [0.25, 0.3) is 5.91 Å². The number of piperidine rings is 1. The van der Waals surface area contributed by atoms with E-state index in [1.54, 1.807) is 18.2 Å². The minimum atomic E-state index is -0.0223. The zero-order valence-corrected chi connectivity index (χ0v) is 13.4. The molecule has 0 bridgehead atoms. The highest BCUT2D eigenvalue weighted by molar-refractivity contribution is 5.79. The normalized spacial score (nSPS) is 21.3. The van der Waals surface area contributed by atoms with E-state index in [9.17, 15) is 9.59 Å². The van der Waals surface area contributed by atoms with Crippen LogP contribution in [-0.2, 0) is 4.79 Å². The summed E-state index contributed by atoms with van der Waals surface area (Å²) in [6.45, 7) is 4.13. The van der Waals surface area contributed by atoms with Crippen molar-refractivity contribution >= 4 is 12.2 Å². The first-order chi connectivity index (χ1) is 10.6. The number of ether oxygens (including phenoxy) is 2. The molecule has 0 spiro atoms. The van der Waals surface area contributed by atoms with Crippen LogP contribution in [0.15, 0.2) is 18.2 Å². The maximum atomic E-state index is 12.4. The Balaban J connectivity index is 2.03. The lowest BCUT2D eigenvalue weighted by molar-refractivity contribution is -0.139. The van der Waals surface area contributed by atoms with Gasteiger partial charge in [0.1, 0.15) is 6.29 Å². The van der Waals surface area contributed by atoms with Crippen molar-refractivity contribution in [3.63, 3.8) is 0 Å². The maximum absolute atomic E-state index is 12.4. The Labute approximate surface area is 131 Å². The van der Waals surface area contributed by atoms with Crippen molar-refractivity contribution in [1.29, 1.82) is 0 Å². The van der Waals surface area contributed by atoms with E-state index in [-0.39, 0.29) is 24.6 Å². The number of methoxy groups -OCH3 is 1. The number of carbonyl (C=O) groups excluding carboxylic acids is 2. The number of hydrogen-bond donors (Lipinski definition) is 0. The zero-order chi connectivity index (χ0) is 16.1. The fraction of sp³-hybridized carbons (Fsp3) is 0.529. The average Bonchev–Trinajstić information content (AvgIpc) is 2.52. The Hall–Kier alpha value is -2.04. The van der Waals surface area contributed by atoms with Gasteiger partial charge in [-0.25, -0.2) is 0 Å². The van der Waals surface area contributed by atoms with Crippen LogP contribution >= 0.6 is 0 Å². The quantitative estimate of drug-likeness (QED) is 0.785. The molecule has 1 amide bonds. The summed E-state index contributed by atoms with van der Waals surface area (Å²) in [4.78, 5) is 25.1. The average molecular weight is 305 g/mol. The van der Waals surface area contributed by atoms with Gasteiger partial charge in [0, 0.05) is 17.6 Å². The molecule has 2 atom stereocenters. The van der Waals surface area contributed by atoms with E-state index in [2.05, 4.69) is 13.8 Å². The minimum Gasteiger partial charge on any atom is -0.493 e. The number of nitrogens with zero attached hydrogens (tertiary/aromatic N) is 1. The molecule has 5 heteroatoms. The number of aldehydes is 1. The number of likely N-dealkylation sites (tertiary alicyclic amines) is 1. The van der Waals surface area contributed by atoms with Crippen molar-refractivity contribution < 1.29 is 19.1 Å². The molecule has 1 fully saturated rings. The third-order valence-corrected chi connectivity index (χ3v) is 4.16. The highest BCUT2D eigenvalue weighted by Crippen LogP contribution is 2.28. The van der Waals surface area contributed by atoms with E-state index in [1.165, 1.54) is 7.11 Å². The lowest BCUT2D eigenvalue weighted by Crippen LogP contribution is -2.49. The number of hydrogen-bond acceptors (Lipinski definition) is 4. The smallest absolute Gasteiger partial charge is 0.260 e. The van der Waals surface area contributed by atoms with Gasteiger partial charge in [-0.3, -0.25) is 9.59 Å². The predicted molar refractivity (Wildman–Crippen MR) is 83.5 cm³/mol. The standard InChI is InChI=1S/C17H23NO4/c1-12-5-4-6-13(2)18(12)17(20)11-22-15-8-7-14(10-19)9-16(15)21-3/h7-10,12-13H,4-6,11H2,1-3H3/t12-,13-/m1/s1. The highest BCUT2D eigenvalue weighted by Gasteiger charge is 2.29. The van der Waals surface area contributed by atoms with Gasteiger partial charge in [0.2, 0.25) is 0 Å². The summed E-state index contributed by atoms with van der Waals surface area (Å²) in [6.07, 6.45) is 3.98. The molecule has 1 saturated heterocycles. The largest absolute Gasteiger partial charge is 0.493 e. The van der Waals surface area contributed by atoms with Crippen LogP contribution in [0.1, 0.15) is 43.5 Å². The second kappa shape index (κ2) is 7.29. The molecule has 1 aliphatic heterocycles. The van der Waals surface area contributed by atoms with E-state index in [1.807, 2.05) is 4.90 Å². The van der Waals surface area contributed by atoms with Gasteiger partial charge < -0.3 is 14.4 Å². The Morgan fingerprint density at radius 2 is 1.95 bits per heavy atom. The molecule has 0 aromatic heterocycles. The number of rotatable bonds is 5. The van der Waals surface area contributed by atoms with Crippen molar-refractivity contribution in [2.24, 2.45) is 0 Å². The zero-order valence-electron chi connectivity index (χ0n) is 13.4. The van der Waals surface area contributed by atoms with Crippen molar-refractivity contribution in [2.75, 3.05) is 13.7 Å². The monoisotopic (exact) mass is 305 g/mol. The first-order valence-electron chi connectivity index (χ1n) is 7.64. The van der Waals surface area contributed by atoms with Gasteiger partial charge in [-0.1, -0.05) is 0 Å². The Morgan fingerprint density at radius 3 is 2.55 bits per heavy atom. The van der Waals surface area contributed by atoms with Gasteiger partial charge in [-0.15, -0.1) is 0 Å². The molecular formula is C17H23NO4. The van der Waals surface area contributed by atoms with Gasteiger partial charge in [-0.05, 0) is 51.3 Å². The molecule has 1 aromatic carbocycles. The molecule has 0 unspecified atom stereocenters. The molecule has 0 saturated carbocycles. The van der Waals surface area contributed by atoms with Crippen LogP contribution in [0.5, 0.6) is 11.5 Å². The van der Waals surface area contributed by atoms with Crippen LogP contribution < -0.4 is 9.47 Å². The molecule has 1 aromatic rings. The summed E-state index contributed by atoms with van der Waals surface area (Å²) in [5, 5.41) is 0. The molecule has 0 N–H and O–H groups in total. The minimum absolute atomic E-state index is 0.0128. The van der Waals surface area contributed by atoms with Crippen LogP contribution in [0.4, 0.5) is 0 Å². The third-order valence-electron chi connectivity index (χ3n) is 4.16. The van der Waals surface area contributed by atoms with Crippen molar-refractivity contribution in [3.05, 3.63) is 23.8 Å². The van der Waals surface area contributed by atoms with E-state index >= 15 is 0 Å². The molecule has 2 rings (SSSR count). The lowest BCUT2D eigenvalue weighted by Gasteiger charge is -2.39. The van der Waals surface area contributed by atoms with Gasteiger partial charge in [-0.2, -0.15) is 0 Å². The van der Waals surface area contributed by atoms with Gasteiger partial charge in [0.05, 0.1) is 7.11 Å². The molecule has 22 heavy (non-hydrogen) atoms. The number of benzene rings is 1.